The predicted molar refractivity (Wildman–Crippen MR) is 72.3 cm³/mol. The SMILES string of the molecule is CN1CCCCC(CN)C1c1cncn1C1CC1. The summed E-state index contributed by atoms with van der Waals surface area (Å²) in [6.45, 7) is 1.96. The standard InChI is InChI=1S/C14H24N4/c1-17-7-3-2-4-11(8-15)14(17)13-9-16-10-18(13)12-5-6-12/h9-12,14H,2-8,15H2,1H3. The summed E-state index contributed by atoms with van der Waals surface area (Å²) in [5, 5.41) is 0. The fourth-order valence-electron chi connectivity index (χ4n) is 3.34. The van der Waals surface area contributed by atoms with Crippen LogP contribution in [0.15, 0.2) is 12.5 Å². The molecule has 0 spiro atoms. The maximum Gasteiger partial charge on any atom is 0.0951 e. The fraction of sp³-hybridized carbons (Fsp3) is 0.786. The first kappa shape index (κ1) is 12.2. The summed E-state index contributed by atoms with van der Waals surface area (Å²) in [7, 11) is 2.24. The molecule has 0 bridgehead atoms. The van der Waals surface area contributed by atoms with E-state index in [0.29, 0.717) is 18.0 Å². The summed E-state index contributed by atoms with van der Waals surface area (Å²) in [4.78, 5) is 6.87. The van der Waals surface area contributed by atoms with E-state index in [2.05, 4.69) is 27.7 Å². The van der Waals surface area contributed by atoms with Crippen molar-refractivity contribution >= 4 is 0 Å². The predicted octanol–water partition coefficient (Wildman–Crippen LogP) is 1.95. The maximum atomic E-state index is 6.02. The Balaban J connectivity index is 1.91. The van der Waals surface area contributed by atoms with Crippen LogP contribution < -0.4 is 5.73 Å². The molecule has 4 heteroatoms. The molecule has 0 amide bonds. The van der Waals surface area contributed by atoms with Gasteiger partial charge in [-0.25, -0.2) is 4.98 Å². The van der Waals surface area contributed by atoms with Gasteiger partial charge >= 0.3 is 0 Å². The lowest BCUT2D eigenvalue weighted by atomic mass is 9.92. The average molecular weight is 248 g/mol. The molecule has 1 saturated heterocycles. The van der Waals surface area contributed by atoms with E-state index in [1.165, 1.54) is 44.3 Å². The molecule has 2 heterocycles. The molecule has 1 aromatic heterocycles. The molecule has 18 heavy (non-hydrogen) atoms. The highest BCUT2D eigenvalue weighted by Crippen LogP contribution is 2.40. The minimum atomic E-state index is 0.459. The van der Waals surface area contributed by atoms with Gasteiger partial charge < -0.3 is 10.3 Å². The number of nitrogens with zero attached hydrogens (tertiary/aromatic N) is 3. The molecule has 100 valence electrons. The third-order valence-corrected chi connectivity index (χ3v) is 4.50. The van der Waals surface area contributed by atoms with Crippen LogP contribution in [0.2, 0.25) is 0 Å². The zero-order valence-electron chi connectivity index (χ0n) is 11.3. The summed E-state index contributed by atoms with van der Waals surface area (Å²) >= 11 is 0. The molecule has 4 nitrogen and oxygen atoms in total. The van der Waals surface area contributed by atoms with Gasteiger partial charge in [0.15, 0.2) is 0 Å². The molecule has 0 aromatic carbocycles. The van der Waals surface area contributed by atoms with Crippen LogP contribution in [0.5, 0.6) is 0 Å². The van der Waals surface area contributed by atoms with Crippen molar-refractivity contribution < 1.29 is 0 Å². The van der Waals surface area contributed by atoms with E-state index >= 15 is 0 Å². The highest BCUT2D eigenvalue weighted by Gasteiger charge is 2.34. The molecule has 1 aromatic rings. The van der Waals surface area contributed by atoms with E-state index in [4.69, 9.17) is 5.73 Å². The van der Waals surface area contributed by atoms with Crippen LogP contribution in [-0.2, 0) is 0 Å². The van der Waals surface area contributed by atoms with Crippen molar-refractivity contribution in [2.24, 2.45) is 11.7 Å². The van der Waals surface area contributed by atoms with Crippen LogP contribution >= 0.6 is 0 Å². The number of likely N-dealkylation sites (tertiary alicyclic amines) is 1. The van der Waals surface area contributed by atoms with Gasteiger partial charge in [0.2, 0.25) is 0 Å². The molecule has 1 saturated carbocycles. The first-order chi connectivity index (χ1) is 8.81. The molecular weight excluding hydrogens is 224 g/mol. The summed E-state index contributed by atoms with van der Waals surface area (Å²) < 4.78 is 2.40. The topological polar surface area (TPSA) is 47.1 Å². The van der Waals surface area contributed by atoms with Crippen molar-refractivity contribution in [1.29, 1.82) is 0 Å². The fourth-order valence-corrected chi connectivity index (χ4v) is 3.34. The smallest absolute Gasteiger partial charge is 0.0951 e. The number of aromatic nitrogens is 2. The first-order valence-corrected chi connectivity index (χ1v) is 7.23. The highest BCUT2D eigenvalue weighted by atomic mass is 15.2. The number of rotatable bonds is 3. The summed E-state index contributed by atoms with van der Waals surface area (Å²) in [5.74, 6) is 0.576. The van der Waals surface area contributed by atoms with Gasteiger partial charge in [-0.15, -0.1) is 0 Å². The molecule has 2 fully saturated rings. The number of hydrogen-bond donors (Lipinski definition) is 1. The normalized spacial score (nSPS) is 30.3. The van der Waals surface area contributed by atoms with Gasteiger partial charge in [-0.1, -0.05) is 6.42 Å². The van der Waals surface area contributed by atoms with E-state index in [9.17, 15) is 0 Å². The van der Waals surface area contributed by atoms with Crippen LogP contribution in [0, 0.1) is 5.92 Å². The van der Waals surface area contributed by atoms with Gasteiger partial charge in [-0.2, -0.15) is 0 Å². The molecule has 3 rings (SSSR count). The van der Waals surface area contributed by atoms with E-state index < -0.39 is 0 Å². The first-order valence-electron chi connectivity index (χ1n) is 7.23. The van der Waals surface area contributed by atoms with E-state index in [0.717, 1.165) is 6.54 Å². The van der Waals surface area contributed by atoms with Crippen molar-refractivity contribution in [3.8, 4) is 0 Å². The van der Waals surface area contributed by atoms with Crippen LogP contribution in [0.1, 0.15) is 49.9 Å². The summed E-state index contributed by atoms with van der Waals surface area (Å²) in [6, 6.07) is 1.16. The lowest BCUT2D eigenvalue weighted by Gasteiger charge is -2.32. The van der Waals surface area contributed by atoms with Gasteiger partial charge in [-0.3, -0.25) is 4.90 Å². The largest absolute Gasteiger partial charge is 0.330 e. The van der Waals surface area contributed by atoms with E-state index in [-0.39, 0.29) is 0 Å². The molecular formula is C14H24N4. The Kier molecular flexibility index (Phi) is 3.39. The second-order valence-electron chi connectivity index (χ2n) is 5.87. The van der Waals surface area contributed by atoms with E-state index in [1.54, 1.807) is 0 Å². The molecule has 1 aliphatic heterocycles. The minimum absolute atomic E-state index is 0.459. The monoisotopic (exact) mass is 248 g/mol. The number of nitrogens with two attached hydrogens (primary N) is 1. The van der Waals surface area contributed by atoms with Crippen molar-refractivity contribution in [2.75, 3.05) is 20.1 Å². The molecule has 2 aliphatic rings. The third kappa shape index (κ3) is 2.19. The van der Waals surface area contributed by atoms with Gasteiger partial charge in [0.1, 0.15) is 0 Å². The molecule has 0 radical (unpaired) electrons. The number of imidazole rings is 1. The van der Waals surface area contributed by atoms with Gasteiger partial charge in [0.25, 0.3) is 0 Å². The summed E-state index contributed by atoms with van der Waals surface area (Å²) in [6.07, 6.45) is 10.6. The Morgan fingerprint density at radius 3 is 2.89 bits per heavy atom. The molecule has 1 aliphatic carbocycles. The van der Waals surface area contributed by atoms with Crippen LogP contribution in [0.4, 0.5) is 0 Å². The Morgan fingerprint density at radius 2 is 2.17 bits per heavy atom. The van der Waals surface area contributed by atoms with Gasteiger partial charge in [0.05, 0.1) is 18.1 Å². The second kappa shape index (κ2) is 5.02. The zero-order chi connectivity index (χ0) is 12.5. The van der Waals surface area contributed by atoms with Crippen molar-refractivity contribution in [3.05, 3.63) is 18.2 Å². The van der Waals surface area contributed by atoms with Crippen molar-refractivity contribution in [3.63, 3.8) is 0 Å². The minimum Gasteiger partial charge on any atom is -0.330 e. The molecule has 2 atom stereocenters. The van der Waals surface area contributed by atoms with Crippen LogP contribution in [-0.4, -0.2) is 34.6 Å². The molecule has 2 N–H and O–H groups in total. The third-order valence-electron chi connectivity index (χ3n) is 4.50. The second-order valence-corrected chi connectivity index (χ2v) is 5.87. The quantitative estimate of drug-likeness (QED) is 0.889. The van der Waals surface area contributed by atoms with Crippen molar-refractivity contribution in [1.82, 2.24) is 14.5 Å². The van der Waals surface area contributed by atoms with Crippen LogP contribution in [0.3, 0.4) is 0 Å². The van der Waals surface area contributed by atoms with Crippen molar-refractivity contribution in [2.45, 2.75) is 44.2 Å². The van der Waals surface area contributed by atoms with E-state index in [1.807, 2.05) is 6.33 Å². The molecule has 2 unspecified atom stereocenters. The lowest BCUT2D eigenvalue weighted by Crippen LogP contribution is -2.34. The Labute approximate surface area is 109 Å². The zero-order valence-corrected chi connectivity index (χ0v) is 11.3. The average Bonchev–Trinajstić information content (AvgIpc) is 3.14. The lowest BCUT2D eigenvalue weighted by molar-refractivity contribution is 0.187. The Bertz CT molecular complexity index is 396. The maximum absolute atomic E-state index is 6.02. The number of hydrogen-bond acceptors (Lipinski definition) is 3. The Hall–Kier alpha value is -0.870. The highest BCUT2D eigenvalue weighted by molar-refractivity contribution is 5.11. The summed E-state index contributed by atoms with van der Waals surface area (Å²) in [5.41, 5.74) is 7.40. The van der Waals surface area contributed by atoms with Gasteiger partial charge in [-0.05, 0) is 51.7 Å². The van der Waals surface area contributed by atoms with Crippen LogP contribution in [0.25, 0.3) is 0 Å². The Morgan fingerprint density at radius 1 is 1.33 bits per heavy atom. The van der Waals surface area contributed by atoms with Gasteiger partial charge in [0, 0.05) is 12.2 Å².